The van der Waals surface area contributed by atoms with Crippen molar-refractivity contribution in [3.8, 4) is 5.75 Å². The Morgan fingerprint density at radius 1 is 1.24 bits per heavy atom. The van der Waals surface area contributed by atoms with Gasteiger partial charge in [0.1, 0.15) is 5.75 Å². The first-order valence-electron chi connectivity index (χ1n) is 8.13. The number of methoxy groups -OCH3 is 1. The number of sulfone groups is 1. The van der Waals surface area contributed by atoms with Crippen LogP contribution in [0.2, 0.25) is 0 Å². The minimum atomic E-state index is -3.01. The molecule has 25 heavy (non-hydrogen) atoms. The van der Waals surface area contributed by atoms with Crippen LogP contribution in [-0.4, -0.2) is 52.1 Å². The van der Waals surface area contributed by atoms with E-state index in [-0.39, 0.29) is 36.4 Å². The number of hydrogen-bond donors (Lipinski definition) is 1. The number of nitrogens with one attached hydrogen (secondary N) is 1. The van der Waals surface area contributed by atoms with Crippen LogP contribution in [0.3, 0.4) is 0 Å². The van der Waals surface area contributed by atoms with Gasteiger partial charge in [-0.05, 0) is 36.5 Å². The maximum absolute atomic E-state index is 11.7. The fourth-order valence-electron chi connectivity index (χ4n) is 2.66. The van der Waals surface area contributed by atoms with Gasteiger partial charge in [-0.1, -0.05) is 12.1 Å². The molecule has 8 heteroatoms. The number of carbonyl (C=O) groups is 2. The fourth-order valence-corrected chi connectivity index (χ4v) is 4.53. The van der Waals surface area contributed by atoms with Crippen LogP contribution in [0.4, 0.5) is 0 Å². The van der Waals surface area contributed by atoms with Crippen LogP contribution in [-0.2, 0) is 30.6 Å². The first-order valence-corrected chi connectivity index (χ1v) is 9.96. The van der Waals surface area contributed by atoms with Crippen molar-refractivity contribution in [2.24, 2.45) is 5.92 Å². The monoisotopic (exact) mass is 369 g/mol. The van der Waals surface area contributed by atoms with Crippen molar-refractivity contribution in [2.75, 3.05) is 31.8 Å². The van der Waals surface area contributed by atoms with Gasteiger partial charge < -0.3 is 14.8 Å². The third-order valence-electron chi connectivity index (χ3n) is 4.04. The highest BCUT2D eigenvalue weighted by Gasteiger charge is 2.29. The first kappa shape index (κ1) is 19.2. The number of ether oxygens (including phenoxy) is 2. The lowest BCUT2D eigenvalue weighted by atomic mass is 10.1. The topological polar surface area (TPSA) is 98.8 Å². The Bertz CT molecular complexity index is 698. The van der Waals surface area contributed by atoms with Crippen molar-refractivity contribution in [1.82, 2.24) is 5.32 Å². The van der Waals surface area contributed by atoms with Gasteiger partial charge in [0.2, 0.25) is 0 Å². The van der Waals surface area contributed by atoms with Crippen molar-refractivity contribution in [2.45, 2.75) is 19.3 Å². The van der Waals surface area contributed by atoms with Crippen molar-refractivity contribution < 1.29 is 27.5 Å². The van der Waals surface area contributed by atoms with Gasteiger partial charge in [-0.15, -0.1) is 0 Å². The summed E-state index contributed by atoms with van der Waals surface area (Å²) in [6, 6.07) is 7.53. The summed E-state index contributed by atoms with van der Waals surface area (Å²) in [6.07, 6.45) is 1.17. The molecule has 1 fully saturated rings. The lowest BCUT2D eigenvalue weighted by Crippen LogP contribution is -2.30. The van der Waals surface area contributed by atoms with Crippen LogP contribution in [0.15, 0.2) is 24.3 Å². The highest BCUT2D eigenvalue weighted by Crippen LogP contribution is 2.21. The van der Waals surface area contributed by atoms with Gasteiger partial charge in [-0.2, -0.15) is 0 Å². The molecule has 1 N–H and O–H groups in total. The van der Waals surface area contributed by atoms with Crippen LogP contribution in [0, 0.1) is 5.92 Å². The predicted molar refractivity (Wildman–Crippen MR) is 92.0 cm³/mol. The van der Waals surface area contributed by atoms with Crippen molar-refractivity contribution in [3.05, 3.63) is 29.8 Å². The molecular weight excluding hydrogens is 346 g/mol. The zero-order valence-electron chi connectivity index (χ0n) is 14.2. The minimum absolute atomic E-state index is 0.0240. The van der Waals surface area contributed by atoms with E-state index in [9.17, 15) is 18.0 Å². The summed E-state index contributed by atoms with van der Waals surface area (Å²) in [7, 11) is -1.41. The summed E-state index contributed by atoms with van der Waals surface area (Å²) in [4.78, 5) is 23.3. The fraction of sp³-hybridized carbons (Fsp3) is 0.529. The molecule has 1 unspecified atom stereocenters. The SMILES string of the molecule is COc1ccc(CCNC(=O)COC(=O)CC2CCS(=O)(=O)C2)cc1. The highest BCUT2D eigenvalue weighted by molar-refractivity contribution is 7.91. The zero-order valence-corrected chi connectivity index (χ0v) is 15.0. The first-order chi connectivity index (χ1) is 11.9. The second-order valence-electron chi connectivity index (χ2n) is 6.08. The molecule has 1 heterocycles. The molecule has 0 aliphatic carbocycles. The number of benzene rings is 1. The van der Waals surface area contributed by atoms with E-state index in [1.165, 1.54) is 0 Å². The Kier molecular flexibility index (Phi) is 6.81. The molecule has 0 spiro atoms. The molecule has 1 amide bonds. The van der Waals surface area contributed by atoms with E-state index in [1.54, 1.807) is 7.11 Å². The molecular formula is C17H23NO6S. The largest absolute Gasteiger partial charge is 0.497 e. The van der Waals surface area contributed by atoms with E-state index in [0.29, 0.717) is 19.4 Å². The summed E-state index contributed by atoms with van der Waals surface area (Å²) >= 11 is 0. The van der Waals surface area contributed by atoms with Crippen LogP contribution >= 0.6 is 0 Å². The van der Waals surface area contributed by atoms with Crippen LogP contribution < -0.4 is 10.1 Å². The van der Waals surface area contributed by atoms with E-state index in [1.807, 2.05) is 24.3 Å². The molecule has 1 aromatic rings. The predicted octanol–water partition coefficient (Wildman–Crippen LogP) is 0.722. The van der Waals surface area contributed by atoms with E-state index >= 15 is 0 Å². The van der Waals surface area contributed by atoms with Gasteiger partial charge >= 0.3 is 5.97 Å². The maximum Gasteiger partial charge on any atom is 0.306 e. The minimum Gasteiger partial charge on any atom is -0.497 e. The Morgan fingerprint density at radius 2 is 1.96 bits per heavy atom. The molecule has 1 aliphatic rings. The van der Waals surface area contributed by atoms with Gasteiger partial charge in [0.15, 0.2) is 16.4 Å². The molecule has 0 aromatic heterocycles. The van der Waals surface area contributed by atoms with E-state index in [0.717, 1.165) is 11.3 Å². The number of amides is 1. The zero-order chi connectivity index (χ0) is 18.3. The molecule has 1 atom stereocenters. The van der Waals surface area contributed by atoms with Crippen molar-refractivity contribution in [1.29, 1.82) is 0 Å². The maximum atomic E-state index is 11.7. The number of rotatable bonds is 8. The summed E-state index contributed by atoms with van der Waals surface area (Å²) < 4.78 is 32.7. The number of hydrogen-bond acceptors (Lipinski definition) is 6. The van der Waals surface area contributed by atoms with Gasteiger partial charge in [-0.3, -0.25) is 9.59 Å². The number of carbonyl (C=O) groups excluding carboxylic acids is 2. The number of esters is 1. The average molecular weight is 369 g/mol. The van der Waals surface area contributed by atoms with E-state index in [2.05, 4.69) is 5.32 Å². The summed E-state index contributed by atoms with van der Waals surface area (Å²) in [5.41, 5.74) is 1.06. The molecule has 1 aromatic carbocycles. The van der Waals surface area contributed by atoms with Crippen LogP contribution in [0.5, 0.6) is 5.75 Å². The molecule has 0 radical (unpaired) electrons. The average Bonchev–Trinajstić information content (AvgIpc) is 2.92. The second kappa shape index (κ2) is 8.84. The quantitative estimate of drug-likeness (QED) is 0.678. The third-order valence-corrected chi connectivity index (χ3v) is 5.88. The van der Waals surface area contributed by atoms with Gasteiger partial charge in [-0.25, -0.2) is 8.42 Å². The third kappa shape index (κ3) is 6.74. The van der Waals surface area contributed by atoms with Gasteiger partial charge in [0.25, 0.3) is 5.91 Å². The molecule has 138 valence electrons. The van der Waals surface area contributed by atoms with E-state index < -0.39 is 15.8 Å². The van der Waals surface area contributed by atoms with Gasteiger partial charge in [0.05, 0.1) is 18.6 Å². The lowest BCUT2D eigenvalue weighted by Gasteiger charge is -2.09. The molecule has 0 saturated carbocycles. The standard InChI is InChI=1S/C17H23NO6S/c1-23-15-4-2-13(3-5-15)6-8-18-16(19)11-24-17(20)10-14-7-9-25(21,22)12-14/h2-5,14H,6-12H2,1H3,(H,18,19). The smallest absolute Gasteiger partial charge is 0.306 e. The molecule has 1 saturated heterocycles. The summed E-state index contributed by atoms with van der Waals surface area (Å²) in [5, 5.41) is 2.68. The van der Waals surface area contributed by atoms with E-state index in [4.69, 9.17) is 9.47 Å². The summed E-state index contributed by atoms with van der Waals surface area (Å²) in [6.45, 7) is 0.0878. The Morgan fingerprint density at radius 3 is 2.56 bits per heavy atom. The van der Waals surface area contributed by atoms with Crippen molar-refractivity contribution in [3.63, 3.8) is 0 Å². The Balaban J connectivity index is 1.61. The Hall–Kier alpha value is -2.09. The molecule has 1 aliphatic heterocycles. The molecule has 2 rings (SSSR count). The van der Waals surface area contributed by atoms with Crippen molar-refractivity contribution >= 4 is 21.7 Å². The lowest BCUT2D eigenvalue weighted by molar-refractivity contribution is -0.149. The second-order valence-corrected chi connectivity index (χ2v) is 8.31. The highest BCUT2D eigenvalue weighted by atomic mass is 32.2. The normalized spacial score (nSPS) is 18.5. The van der Waals surface area contributed by atoms with Crippen LogP contribution in [0.1, 0.15) is 18.4 Å². The van der Waals surface area contributed by atoms with Gasteiger partial charge in [0, 0.05) is 13.0 Å². The molecule has 0 bridgehead atoms. The Labute approximate surface area is 147 Å². The molecule has 7 nitrogen and oxygen atoms in total. The summed E-state index contributed by atoms with van der Waals surface area (Å²) in [5.74, 6) is -0.189. The van der Waals surface area contributed by atoms with Crippen LogP contribution in [0.25, 0.3) is 0 Å².